The first-order valence-electron chi connectivity index (χ1n) is 9.56. The third-order valence-electron chi connectivity index (χ3n) is 5.33. The van der Waals surface area contributed by atoms with E-state index in [9.17, 15) is 4.79 Å². The highest BCUT2D eigenvalue weighted by atomic mass is 16.5. The van der Waals surface area contributed by atoms with Crippen molar-refractivity contribution in [3.8, 4) is 5.75 Å². The molecule has 4 rings (SSSR count). The first-order valence-corrected chi connectivity index (χ1v) is 9.56. The van der Waals surface area contributed by atoms with Gasteiger partial charge in [-0.15, -0.1) is 0 Å². The lowest BCUT2D eigenvalue weighted by Crippen LogP contribution is -2.36. The maximum atomic E-state index is 13.0. The van der Waals surface area contributed by atoms with Crippen molar-refractivity contribution >= 4 is 11.6 Å². The quantitative estimate of drug-likeness (QED) is 0.817. The standard InChI is InChI=1S/C22H25N3O2/c1-27-19-11-9-18(10-12-19)21-15-20(17-7-3-2-4-8-17)23-25(21)22(26)16-24-13-5-6-14-24/h2-4,7-12,21H,5-6,13-16H2,1H3/t21-/m0/s1. The van der Waals surface area contributed by atoms with E-state index in [2.05, 4.69) is 17.0 Å². The SMILES string of the molecule is COc1ccc([C@@H]2CC(c3ccccc3)=NN2C(=O)CN2CCCC2)cc1. The second kappa shape index (κ2) is 7.92. The molecular formula is C22H25N3O2. The topological polar surface area (TPSA) is 45.1 Å². The summed E-state index contributed by atoms with van der Waals surface area (Å²) < 4.78 is 5.27. The van der Waals surface area contributed by atoms with E-state index in [1.54, 1.807) is 12.1 Å². The molecule has 2 aromatic rings. The van der Waals surface area contributed by atoms with Gasteiger partial charge < -0.3 is 4.74 Å². The smallest absolute Gasteiger partial charge is 0.257 e. The van der Waals surface area contributed by atoms with E-state index in [0.717, 1.165) is 42.1 Å². The number of nitrogens with zero attached hydrogens (tertiary/aromatic N) is 3. The Balaban J connectivity index is 1.60. The zero-order chi connectivity index (χ0) is 18.6. The first-order chi connectivity index (χ1) is 13.2. The van der Waals surface area contributed by atoms with E-state index in [1.165, 1.54) is 12.8 Å². The monoisotopic (exact) mass is 363 g/mol. The van der Waals surface area contributed by atoms with E-state index in [1.807, 2.05) is 42.5 Å². The molecule has 2 aliphatic heterocycles. The molecule has 2 heterocycles. The van der Waals surface area contributed by atoms with Crippen LogP contribution in [-0.4, -0.2) is 48.3 Å². The Kier molecular flexibility index (Phi) is 5.21. The Hall–Kier alpha value is -2.66. The zero-order valence-electron chi connectivity index (χ0n) is 15.7. The zero-order valence-corrected chi connectivity index (χ0v) is 15.7. The van der Waals surface area contributed by atoms with Crippen molar-refractivity contribution in [3.05, 3.63) is 65.7 Å². The Bertz CT molecular complexity index is 811. The fourth-order valence-electron chi connectivity index (χ4n) is 3.84. The van der Waals surface area contributed by atoms with E-state index in [4.69, 9.17) is 9.84 Å². The molecule has 140 valence electrons. The Morgan fingerprint density at radius 1 is 1.07 bits per heavy atom. The molecule has 0 N–H and O–H groups in total. The Morgan fingerprint density at radius 3 is 2.44 bits per heavy atom. The lowest BCUT2D eigenvalue weighted by atomic mass is 9.98. The van der Waals surface area contributed by atoms with Crippen LogP contribution in [0.3, 0.4) is 0 Å². The van der Waals surface area contributed by atoms with Gasteiger partial charge in [-0.05, 0) is 49.2 Å². The molecule has 5 nitrogen and oxygen atoms in total. The van der Waals surface area contributed by atoms with Crippen LogP contribution in [0.1, 0.15) is 36.4 Å². The van der Waals surface area contributed by atoms with Crippen LogP contribution in [0.25, 0.3) is 0 Å². The summed E-state index contributed by atoms with van der Waals surface area (Å²) >= 11 is 0. The molecular weight excluding hydrogens is 338 g/mol. The number of likely N-dealkylation sites (tertiary alicyclic amines) is 1. The number of ether oxygens (including phenoxy) is 1. The van der Waals surface area contributed by atoms with Gasteiger partial charge in [-0.25, -0.2) is 5.01 Å². The van der Waals surface area contributed by atoms with Crippen LogP contribution in [0.15, 0.2) is 59.7 Å². The van der Waals surface area contributed by atoms with E-state index in [-0.39, 0.29) is 11.9 Å². The van der Waals surface area contributed by atoms with Crippen LogP contribution in [0, 0.1) is 0 Å². The second-order valence-electron chi connectivity index (χ2n) is 7.13. The van der Waals surface area contributed by atoms with E-state index >= 15 is 0 Å². The number of hydrogen-bond donors (Lipinski definition) is 0. The third-order valence-corrected chi connectivity index (χ3v) is 5.33. The molecule has 2 aliphatic rings. The summed E-state index contributed by atoms with van der Waals surface area (Å²) in [7, 11) is 1.66. The lowest BCUT2D eigenvalue weighted by molar-refractivity contribution is -0.134. The molecule has 0 unspecified atom stereocenters. The number of rotatable bonds is 5. The predicted molar refractivity (Wildman–Crippen MR) is 106 cm³/mol. The maximum absolute atomic E-state index is 13.0. The van der Waals surface area contributed by atoms with Gasteiger partial charge in [0.25, 0.3) is 5.91 Å². The van der Waals surface area contributed by atoms with Crippen molar-refractivity contribution < 1.29 is 9.53 Å². The molecule has 0 aliphatic carbocycles. The van der Waals surface area contributed by atoms with Crippen LogP contribution in [-0.2, 0) is 4.79 Å². The molecule has 0 bridgehead atoms. The minimum absolute atomic E-state index is 0.0683. The molecule has 0 aromatic heterocycles. The van der Waals surface area contributed by atoms with Crippen molar-refractivity contribution in [2.24, 2.45) is 5.10 Å². The summed E-state index contributed by atoms with van der Waals surface area (Å²) in [6.07, 6.45) is 3.07. The highest BCUT2D eigenvalue weighted by molar-refractivity contribution is 6.03. The van der Waals surface area contributed by atoms with Gasteiger partial charge in [0, 0.05) is 6.42 Å². The van der Waals surface area contributed by atoms with Crippen LogP contribution in [0.4, 0.5) is 0 Å². The molecule has 0 spiro atoms. The van der Waals surface area contributed by atoms with Crippen molar-refractivity contribution in [1.29, 1.82) is 0 Å². The number of carbonyl (C=O) groups excluding carboxylic acids is 1. The Morgan fingerprint density at radius 2 is 1.78 bits per heavy atom. The average Bonchev–Trinajstić information content (AvgIpc) is 3.39. The highest BCUT2D eigenvalue weighted by Gasteiger charge is 2.33. The molecule has 1 atom stereocenters. The first kappa shape index (κ1) is 17.7. The van der Waals surface area contributed by atoms with Gasteiger partial charge in [-0.1, -0.05) is 42.5 Å². The van der Waals surface area contributed by atoms with Gasteiger partial charge in [-0.2, -0.15) is 5.10 Å². The number of benzene rings is 2. The third kappa shape index (κ3) is 3.88. The van der Waals surface area contributed by atoms with E-state index < -0.39 is 0 Å². The minimum Gasteiger partial charge on any atom is -0.497 e. The average molecular weight is 363 g/mol. The van der Waals surface area contributed by atoms with Crippen LogP contribution in [0.2, 0.25) is 0 Å². The number of hydrogen-bond acceptors (Lipinski definition) is 4. The molecule has 5 heteroatoms. The summed E-state index contributed by atoms with van der Waals surface area (Å²) in [5, 5.41) is 6.44. The number of amides is 1. The number of carbonyl (C=O) groups is 1. The largest absolute Gasteiger partial charge is 0.497 e. The van der Waals surface area contributed by atoms with Gasteiger partial charge in [0.05, 0.1) is 25.4 Å². The Labute approximate surface area is 160 Å². The van der Waals surface area contributed by atoms with Gasteiger partial charge in [-0.3, -0.25) is 9.69 Å². The summed E-state index contributed by atoms with van der Waals surface area (Å²) in [6.45, 7) is 2.45. The summed E-state index contributed by atoms with van der Waals surface area (Å²) in [4.78, 5) is 15.3. The van der Waals surface area contributed by atoms with Gasteiger partial charge in [0.15, 0.2) is 0 Å². The molecule has 0 saturated carbocycles. The molecule has 1 saturated heterocycles. The van der Waals surface area contributed by atoms with Crippen molar-refractivity contribution in [1.82, 2.24) is 9.91 Å². The van der Waals surface area contributed by atoms with Crippen molar-refractivity contribution in [3.63, 3.8) is 0 Å². The molecule has 0 radical (unpaired) electrons. The van der Waals surface area contributed by atoms with Crippen LogP contribution in [0.5, 0.6) is 5.75 Å². The summed E-state index contributed by atoms with van der Waals surface area (Å²) in [5.74, 6) is 0.888. The minimum atomic E-state index is -0.0683. The fraction of sp³-hybridized carbons (Fsp3) is 0.364. The maximum Gasteiger partial charge on any atom is 0.257 e. The normalized spacial score (nSPS) is 20.0. The molecule has 1 amide bonds. The number of methoxy groups -OCH3 is 1. The van der Waals surface area contributed by atoms with Crippen LogP contribution >= 0.6 is 0 Å². The van der Waals surface area contributed by atoms with Crippen molar-refractivity contribution in [2.75, 3.05) is 26.7 Å². The van der Waals surface area contributed by atoms with Crippen molar-refractivity contribution in [2.45, 2.75) is 25.3 Å². The van der Waals surface area contributed by atoms with E-state index in [0.29, 0.717) is 6.54 Å². The van der Waals surface area contributed by atoms with Gasteiger partial charge in [0.1, 0.15) is 5.75 Å². The summed E-state index contributed by atoms with van der Waals surface area (Å²) in [6, 6.07) is 18.0. The molecule has 2 aromatic carbocycles. The highest BCUT2D eigenvalue weighted by Crippen LogP contribution is 2.33. The molecule has 27 heavy (non-hydrogen) atoms. The van der Waals surface area contributed by atoms with Crippen LogP contribution < -0.4 is 4.74 Å². The predicted octanol–water partition coefficient (Wildman–Crippen LogP) is 3.47. The van der Waals surface area contributed by atoms with Gasteiger partial charge >= 0.3 is 0 Å². The second-order valence-corrected chi connectivity index (χ2v) is 7.13. The lowest BCUT2D eigenvalue weighted by Gasteiger charge is -2.24. The fourth-order valence-corrected chi connectivity index (χ4v) is 3.84. The molecule has 1 fully saturated rings. The summed E-state index contributed by atoms with van der Waals surface area (Å²) in [5.41, 5.74) is 3.12. The number of hydrazone groups is 1. The van der Waals surface area contributed by atoms with Gasteiger partial charge in [0.2, 0.25) is 0 Å².